The van der Waals surface area contributed by atoms with E-state index in [2.05, 4.69) is 27.6 Å². The fraction of sp³-hybridized carbons (Fsp3) is 0. The van der Waals surface area contributed by atoms with Crippen molar-refractivity contribution in [1.82, 2.24) is 4.98 Å². The molecule has 0 atom stereocenters. The van der Waals surface area contributed by atoms with Crippen LogP contribution in [0, 0.1) is 3.57 Å². The zero-order valence-corrected chi connectivity index (χ0v) is 8.26. The van der Waals surface area contributed by atoms with Crippen molar-refractivity contribution in [3.63, 3.8) is 0 Å². The summed E-state index contributed by atoms with van der Waals surface area (Å²) in [5.41, 5.74) is 0.665. The zero-order valence-electron chi connectivity index (χ0n) is 5.34. The Morgan fingerprint density at radius 3 is 3.09 bits per heavy atom. The Balaban J connectivity index is 2.94. The maximum absolute atomic E-state index is 5.76. The summed E-state index contributed by atoms with van der Waals surface area (Å²) in [5.74, 6) is 0. The van der Waals surface area contributed by atoms with Gasteiger partial charge in [-0.05, 0) is 28.7 Å². The van der Waals surface area contributed by atoms with Crippen LogP contribution in [0.4, 0.5) is 0 Å². The van der Waals surface area contributed by atoms with E-state index in [0.717, 1.165) is 8.96 Å². The number of fused-ring (bicyclic) bond motifs is 1. The highest BCUT2D eigenvalue weighted by molar-refractivity contribution is 14.1. The maximum atomic E-state index is 5.76. The number of nitrogens with zero attached hydrogens (tertiary/aromatic N) is 1. The van der Waals surface area contributed by atoms with Gasteiger partial charge in [0.25, 0.3) is 0 Å². The number of rotatable bonds is 0. The van der Waals surface area contributed by atoms with Crippen molar-refractivity contribution in [2.75, 3.05) is 0 Å². The van der Waals surface area contributed by atoms with E-state index in [4.69, 9.17) is 16.0 Å². The molecule has 0 unspecified atom stereocenters. The van der Waals surface area contributed by atoms with E-state index >= 15 is 0 Å². The molecule has 0 fully saturated rings. The average molecular weight is 279 g/mol. The first-order valence-electron chi connectivity index (χ1n) is 2.96. The van der Waals surface area contributed by atoms with Gasteiger partial charge in [0.05, 0.1) is 3.57 Å². The van der Waals surface area contributed by atoms with Crippen LogP contribution in [-0.4, -0.2) is 4.98 Å². The third-order valence-corrected chi connectivity index (χ3v) is 2.50. The van der Waals surface area contributed by atoms with E-state index in [9.17, 15) is 0 Å². The van der Waals surface area contributed by atoms with Crippen molar-refractivity contribution < 1.29 is 4.42 Å². The Bertz CT molecular complexity index is 398. The molecule has 0 aliphatic heterocycles. The van der Waals surface area contributed by atoms with Gasteiger partial charge in [0.1, 0.15) is 6.26 Å². The third kappa shape index (κ3) is 1.12. The summed E-state index contributed by atoms with van der Waals surface area (Å²) < 4.78 is 6.23. The lowest BCUT2D eigenvalue weighted by molar-refractivity contribution is 0.612. The molecule has 2 rings (SSSR count). The number of furan rings is 1. The van der Waals surface area contributed by atoms with Crippen LogP contribution in [-0.2, 0) is 0 Å². The minimum atomic E-state index is 0.422. The minimum Gasteiger partial charge on any atom is -0.460 e. The van der Waals surface area contributed by atoms with Gasteiger partial charge in [0.15, 0.2) is 10.7 Å². The van der Waals surface area contributed by atoms with Gasteiger partial charge in [-0.1, -0.05) is 11.6 Å². The molecule has 0 aliphatic carbocycles. The lowest BCUT2D eigenvalue weighted by atomic mass is 10.3. The summed E-state index contributed by atoms with van der Waals surface area (Å²) in [6.07, 6.45) is 3.33. The van der Waals surface area contributed by atoms with Gasteiger partial charge in [0, 0.05) is 11.6 Å². The molecule has 0 amide bonds. The molecule has 0 bridgehead atoms. The third-order valence-electron chi connectivity index (χ3n) is 1.40. The number of hydrogen-bond acceptors (Lipinski definition) is 2. The van der Waals surface area contributed by atoms with E-state index in [1.54, 1.807) is 12.5 Å². The predicted octanol–water partition coefficient (Wildman–Crippen LogP) is 3.09. The largest absolute Gasteiger partial charge is 0.460 e. The Morgan fingerprint density at radius 2 is 2.36 bits per heavy atom. The Morgan fingerprint density at radius 1 is 1.55 bits per heavy atom. The number of hydrogen-bond donors (Lipinski definition) is 0. The van der Waals surface area contributed by atoms with Crippen LogP contribution in [0.2, 0.25) is 5.15 Å². The number of aromatic nitrogens is 1. The van der Waals surface area contributed by atoms with Crippen molar-refractivity contribution >= 4 is 45.2 Å². The fourth-order valence-electron chi connectivity index (χ4n) is 0.897. The lowest BCUT2D eigenvalue weighted by Gasteiger charge is -1.88. The molecule has 2 aromatic rings. The highest BCUT2D eigenvalue weighted by atomic mass is 127. The normalized spacial score (nSPS) is 10.7. The molecule has 0 aromatic carbocycles. The number of pyridine rings is 1. The molecular weight excluding hydrogens is 276 g/mol. The predicted molar refractivity (Wildman–Crippen MR) is 51.7 cm³/mol. The van der Waals surface area contributed by atoms with Crippen LogP contribution in [0.5, 0.6) is 0 Å². The highest BCUT2D eigenvalue weighted by Gasteiger charge is 2.05. The molecule has 0 saturated carbocycles. The van der Waals surface area contributed by atoms with Crippen molar-refractivity contribution in [2.24, 2.45) is 0 Å². The second-order valence-corrected chi connectivity index (χ2v) is 3.58. The molecule has 0 aliphatic rings. The topological polar surface area (TPSA) is 26.0 Å². The molecule has 56 valence electrons. The second kappa shape index (κ2) is 2.64. The summed E-state index contributed by atoms with van der Waals surface area (Å²) in [6, 6.07) is 1.88. The molecule has 0 saturated heterocycles. The van der Waals surface area contributed by atoms with Crippen LogP contribution in [0.15, 0.2) is 22.9 Å². The van der Waals surface area contributed by atoms with Crippen molar-refractivity contribution in [1.29, 1.82) is 0 Å². The van der Waals surface area contributed by atoms with Gasteiger partial charge in [0.2, 0.25) is 0 Å². The van der Waals surface area contributed by atoms with E-state index < -0.39 is 0 Å². The van der Waals surface area contributed by atoms with E-state index in [-0.39, 0.29) is 0 Å². The molecule has 0 radical (unpaired) electrons. The molecule has 2 heterocycles. The van der Waals surface area contributed by atoms with Gasteiger partial charge in [-0.15, -0.1) is 0 Å². The quantitative estimate of drug-likeness (QED) is 0.547. The van der Waals surface area contributed by atoms with E-state index in [1.165, 1.54) is 0 Å². The first-order chi connectivity index (χ1) is 5.29. The Hall–Kier alpha value is -0.290. The summed E-state index contributed by atoms with van der Waals surface area (Å²) in [5, 5.41) is 1.44. The van der Waals surface area contributed by atoms with Crippen molar-refractivity contribution in [3.8, 4) is 0 Å². The lowest BCUT2D eigenvalue weighted by Crippen LogP contribution is -1.73. The monoisotopic (exact) mass is 279 g/mol. The molecule has 2 aromatic heterocycles. The van der Waals surface area contributed by atoms with Crippen molar-refractivity contribution in [3.05, 3.63) is 27.2 Å². The van der Waals surface area contributed by atoms with Crippen LogP contribution >= 0.6 is 34.2 Å². The maximum Gasteiger partial charge on any atom is 0.172 e. The van der Waals surface area contributed by atoms with Crippen LogP contribution in [0.3, 0.4) is 0 Å². The van der Waals surface area contributed by atoms with Gasteiger partial charge in [-0.25, -0.2) is 4.98 Å². The smallest absolute Gasteiger partial charge is 0.172 e. The molecular formula is C7H3ClINO. The number of halogens is 2. The Labute approximate surface area is 81.7 Å². The van der Waals surface area contributed by atoms with E-state index in [0.29, 0.717) is 10.7 Å². The summed E-state index contributed by atoms with van der Waals surface area (Å²) >= 11 is 7.95. The molecule has 11 heavy (non-hydrogen) atoms. The second-order valence-electron chi connectivity index (χ2n) is 2.06. The zero-order chi connectivity index (χ0) is 7.84. The van der Waals surface area contributed by atoms with Gasteiger partial charge in [-0.3, -0.25) is 0 Å². The standard InChI is InChI=1S/C7H3ClINO/c8-7-6-4(1-2-10-7)5(9)3-11-6/h1-3H. The highest BCUT2D eigenvalue weighted by Crippen LogP contribution is 2.26. The summed E-state index contributed by atoms with van der Waals surface area (Å²) in [6.45, 7) is 0. The molecule has 2 nitrogen and oxygen atoms in total. The summed E-state index contributed by atoms with van der Waals surface area (Å²) in [7, 11) is 0. The van der Waals surface area contributed by atoms with E-state index in [1.807, 2.05) is 6.07 Å². The average Bonchev–Trinajstić information content (AvgIpc) is 2.35. The minimum absolute atomic E-state index is 0.422. The van der Waals surface area contributed by atoms with Crippen molar-refractivity contribution in [2.45, 2.75) is 0 Å². The molecule has 4 heteroatoms. The van der Waals surface area contributed by atoms with Crippen LogP contribution in [0.1, 0.15) is 0 Å². The molecule has 0 N–H and O–H groups in total. The first-order valence-corrected chi connectivity index (χ1v) is 4.42. The van der Waals surface area contributed by atoms with Crippen LogP contribution in [0.25, 0.3) is 11.0 Å². The summed E-state index contributed by atoms with van der Waals surface area (Å²) in [4.78, 5) is 3.89. The van der Waals surface area contributed by atoms with Gasteiger partial charge >= 0.3 is 0 Å². The van der Waals surface area contributed by atoms with Gasteiger partial charge in [-0.2, -0.15) is 0 Å². The van der Waals surface area contributed by atoms with Crippen LogP contribution < -0.4 is 0 Å². The SMILES string of the molecule is Clc1nccc2c(I)coc12. The van der Waals surface area contributed by atoms with Gasteiger partial charge < -0.3 is 4.42 Å². The molecule has 0 spiro atoms. The fourth-order valence-corrected chi connectivity index (χ4v) is 1.65. The Kier molecular flexibility index (Phi) is 1.77. The first kappa shape index (κ1) is 7.36.